The van der Waals surface area contributed by atoms with Gasteiger partial charge in [0.15, 0.2) is 6.19 Å². The minimum atomic E-state index is -0.792. The molecule has 1 rings (SSSR count). The summed E-state index contributed by atoms with van der Waals surface area (Å²) in [6, 6.07) is 0.102. The van der Waals surface area contributed by atoms with E-state index in [0.717, 1.165) is 0 Å². The Labute approximate surface area is 67.6 Å². The van der Waals surface area contributed by atoms with E-state index >= 15 is 0 Å². The molecule has 0 bridgehead atoms. The summed E-state index contributed by atoms with van der Waals surface area (Å²) >= 11 is 0. The molecule has 0 radical (unpaired) electrons. The lowest BCUT2D eigenvalue weighted by Gasteiger charge is -2.10. The van der Waals surface area contributed by atoms with Crippen LogP contribution in [0.25, 0.3) is 0 Å². The second-order valence-electron chi connectivity index (χ2n) is 2.43. The molecule has 11 heavy (non-hydrogen) atoms. The Kier molecular flexibility index (Phi) is 4.60. The van der Waals surface area contributed by atoms with Crippen molar-refractivity contribution in [3.8, 4) is 6.19 Å². The van der Waals surface area contributed by atoms with Gasteiger partial charge in [0.25, 0.3) is 0 Å². The minimum Gasteiger partial charge on any atom is -0.305 e. The van der Waals surface area contributed by atoms with Crippen LogP contribution in [0.5, 0.6) is 0 Å². The number of nitriles is 1. The number of halogens is 1. The normalized spacial score (nSPS) is 28.8. The molecule has 2 nitrogen and oxygen atoms in total. The zero-order valence-electron chi connectivity index (χ0n) is 7.34. The van der Waals surface area contributed by atoms with Gasteiger partial charge < -0.3 is 4.90 Å². The first-order valence-electron chi connectivity index (χ1n) is 4.04. The number of likely N-dealkylation sites (tertiary alicyclic amines) is 1. The van der Waals surface area contributed by atoms with E-state index < -0.39 is 6.17 Å². The fraction of sp³-hybridized carbons (Fsp3) is 0.875. The van der Waals surface area contributed by atoms with Gasteiger partial charge in [0.2, 0.25) is 0 Å². The largest absolute Gasteiger partial charge is 0.305 e. The van der Waals surface area contributed by atoms with Crippen molar-refractivity contribution in [2.24, 2.45) is 0 Å². The van der Waals surface area contributed by atoms with E-state index in [4.69, 9.17) is 5.26 Å². The van der Waals surface area contributed by atoms with Crippen LogP contribution in [0.4, 0.5) is 4.39 Å². The summed E-state index contributed by atoms with van der Waals surface area (Å²) in [6.07, 6.45) is 1.65. The smallest absolute Gasteiger partial charge is 0.179 e. The highest BCUT2D eigenvalue weighted by Crippen LogP contribution is 2.17. The van der Waals surface area contributed by atoms with Crippen LogP contribution in [0.15, 0.2) is 0 Å². The third kappa shape index (κ3) is 2.75. The third-order valence-electron chi connectivity index (χ3n) is 1.65. The molecule has 2 atom stereocenters. The molecular formula is C8H15FN2. The molecule has 3 heteroatoms. The molecule has 1 saturated heterocycles. The van der Waals surface area contributed by atoms with E-state index in [1.54, 1.807) is 0 Å². The number of nitrogens with zero attached hydrogens (tertiary/aromatic N) is 2. The molecule has 0 aliphatic carbocycles. The molecule has 64 valence electrons. The molecule has 0 aromatic rings. The van der Waals surface area contributed by atoms with Crippen LogP contribution in [0, 0.1) is 11.5 Å². The maximum absolute atomic E-state index is 12.4. The second-order valence-corrected chi connectivity index (χ2v) is 2.43. The van der Waals surface area contributed by atoms with E-state index in [9.17, 15) is 4.39 Å². The molecule has 1 aliphatic heterocycles. The lowest BCUT2D eigenvalue weighted by molar-refractivity contribution is 0.334. The highest BCUT2D eigenvalue weighted by atomic mass is 19.1. The molecule has 0 saturated carbocycles. The van der Waals surface area contributed by atoms with Crippen molar-refractivity contribution in [2.45, 2.75) is 39.4 Å². The molecular weight excluding hydrogens is 143 g/mol. The predicted octanol–water partition coefficient (Wildman–Crippen LogP) is 1.93. The van der Waals surface area contributed by atoms with Crippen LogP contribution in [0.3, 0.4) is 0 Å². The fourth-order valence-electron chi connectivity index (χ4n) is 1.10. The van der Waals surface area contributed by atoms with Gasteiger partial charge >= 0.3 is 0 Å². The summed E-state index contributed by atoms with van der Waals surface area (Å²) in [4.78, 5) is 1.48. The number of hydrogen-bond donors (Lipinski definition) is 0. The van der Waals surface area contributed by atoms with E-state index in [1.807, 2.05) is 27.0 Å². The summed E-state index contributed by atoms with van der Waals surface area (Å²) in [5.74, 6) is 0. The lowest BCUT2D eigenvalue weighted by atomic mass is 10.2. The Morgan fingerprint density at radius 3 is 2.27 bits per heavy atom. The van der Waals surface area contributed by atoms with Crippen molar-refractivity contribution in [1.82, 2.24) is 4.90 Å². The van der Waals surface area contributed by atoms with Crippen molar-refractivity contribution in [1.29, 1.82) is 5.26 Å². The molecule has 0 aromatic carbocycles. The topological polar surface area (TPSA) is 27.0 Å². The molecule has 1 heterocycles. The second kappa shape index (κ2) is 4.95. The van der Waals surface area contributed by atoms with Crippen molar-refractivity contribution < 1.29 is 4.39 Å². The molecule has 2 unspecified atom stereocenters. The molecule has 0 aromatic heterocycles. The first kappa shape index (κ1) is 10.2. The van der Waals surface area contributed by atoms with E-state index in [0.29, 0.717) is 6.42 Å². The Bertz CT molecular complexity index is 142. The van der Waals surface area contributed by atoms with Gasteiger partial charge in [-0.15, -0.1) is 0 Å². The van der Waals surface area contributed by atoms with E-state index in [2.05, 4.69) is 0 Å². The summed E-state index contributed by atoms with van der Waals surface area (Å²) in [7, 11) is 0. The van der Waals surface area contributed by atoms with Gasteiger partial charge in [0.05, 0.1) is 6.54 Å². The standard InChI is InChI=1S/C6H9FN2.C2H6/c1-5-2-6(7)3-9(5)4-8;1-2/h5-6H,2-3H2,1H3;1-2H3. The average Bonchev–Trinajstić information content (AvgIpc) is 2.33. The maximum Gasteiger partial charge on any atom is 0.179 e. The van der Waals surface area contributed by atoms with Crippen molar-refractivity contribution >= 4 is 0 Å². The van der Waals surface area contributed by atoms with Crippen molar-refractivity contribution in [3.63, 3.8) is 0 Å². The zero-order valence-corrected chi connectivity index (χ0v) is 7.34. The van der Waals surface area contributed by atoms with Crippen LogP contribution < -0.4 is 0 Å². The lowest BCUT2D eigenvalue weighted by Crippen LogP contribution is -2.20. The first-order chi connectivity index (χ1) is 5.24. The quantitative estimate of drug-likeness (QED) is 0.504. The predicted molar refractivity (Wildman–Crippen MR) is 42.6 cm³/mol. The Morgan fingerprint density at radius 1 is 1.55 bits per heavy atom. The van der Waals surface area contributed by atoms with Gasteiger partial charge in [0.1, 0.15) is 6.17 Å². The van der Waals surface area contributed by atoms with Crippen LogP contribution in [0.2, 0.25) is 0 Å². The fourth-order valence-corrected chi connectivity index (χ4v) is 1.10. The number of rotatable bonds is 0. The molecule has 1 fully saturated rings. The van der Waals surface area contributed by atoms with Gasteiger partial charge in [0, 0.05) is 12.5 Å². The maximum atomic E-state index is 12.4. The highest BCUT2D eigenvalue weighted by molar-refractivity contribution is 4.89. The van der Waals surface area contributed by atoms with Crippen LogP contribution >= 0.6 is 0 Å². The van der Waals surface area contributed by atoms with E-state index in [1.165, 1.54) is 4.90 Å². The Morgan fingerprint density at radius 2 is 2.09 bits per heavy atom. The zero-order chi connectivity index (χ0) is 8.85. The molecule has 0 N–H and O–H groups in total. The number of alkyl halides is 1. The van der Waals surface area contributed by atoms with Gasteiger partial charge in [-0.3, -0.25) is 0 Å². The van der Waals surface area contributed by atoms with Gasteiger partial charge in [-0.05, 0) is 6.92 Å². The molecule has 0 spiro atoms. The summed E-state index contributed by atoms with van der Waals surface area (Å²) < 4.78 is 12.4. The van der Waals surface area contributed by atoms with Crippen LogP contribution in [-0.4, -0.2) is 23.7 Å². The van der Waals surface area contributed by atoms with E-state index in [-0.39, 0.29) is 12.6 Å². The van der Waals surface area contributed by atoms with Crippen LogP contribution in [-0.2, 0) is 0 Å². The average molecular weight is 158 g/mol. The Balaban J connectivity index is 0.000000461. The first-order valence-corrected chi connectivity index (χ1v) is 4.04. The van der Waals surface area contributed by atoms with Crippen LogP contribution in [0.1, 0.15) is 27.2 Å². The van der Waals surface area contributed by atoms with Crippen molar-refractivity contribution in [3.05, 3.63) is 0 Å². The molecule has 0 amide bonds. The monoisotopic (exact) mass is 158 g/mol. The summed E-state index contributed by atoms with van der Waals surface area (Å²) in [6.45, 7) is 6.15. The van der Waals surface area contributed by atoms with Gasteiger partial charge in [-0.2, -0.15) is 5.26 Å². The number of hydrogen-bond acceptors (Lipinski definition) is 2. The van der Waals surface area contributed by atoms with Gasteiger partial charge in [-0.1, -0.05) is 13.8 Å². The molecule has 1 aliphatic rings. The SMILES string of the molecule is CC.CC1CC(F)CN1C#N. The Hall–Kier alpha value is -0.780. The summed E-state index contributed by atoms with van der Waals surface area (Å²) in [5.41, 5.74) is 0. The minimum absolute atomic E-state index is 0.102. The van der Waals surface area contributed by atoms with Gasteiger partial charge in [-0.25, -0.2) is 4.39 Å². The van der Waals surface area contributed by atoms with Crippen molar-refractivity contribution in [2.75, 3.05) is 6.54 Å². The highest BCUT2D eigenvalue weighted by Gasteiger charge is 2.27. The third-order valence-corrected chi connectivity index (χ3v) is 1.65. The summed E-state index contributed by atoms with van der Waals surface area (Å²) in [5, 5.41) is 8.36.